The van der Waals surface area contributed by atoms with Crippen LogP contribution in [0.4, 0.5) is 5.82 Å². The maximum atomic E-state index is 12.3. The molecule has 1 aromatic heterocycles. The molecule has 0 aliphatic carbocycles. The summed E-state index contributed by atoms with van der Waals surface area (Å²) >= 11 is 0. The van der Waals surface area contributed by atoms with Crippen molar-refractivity contribution in [1.82, 2.24) is 9.78 Å². The van der Waals surface area contributed by atoms with Crippen LogP contribution in [-0.4, -0.2) is 36.5 Å². The topological polar surface area (TPSA) is 98.4 Å². The number of rotatable bonds is 8. The lowest BCUT2D eigenvalue weighted by atomic mass is 10.2. The highest BCUT2D eigenvalue weighted by molar-refractivity contribution is 5.91. The number of methoxy groups -OCH3 is 2. The standard InChI is InChI=1S/C21H20N4O4/c1-27-18-9-5-7-16(21(18)28-2)13-25-19(10-11-23-25)24-20(26)14-29-17-8-4-3-6-15(17)12-22/h3-11H,13-14H2,1-2H3,(H,24,26). The number of ether oxygens (including phenoxy) is 3. The number of benzene rings is 2. The Kier molecular flexibility index (Phi) is 6.32. The molecule has 3 rings (SSSR count). The maximum absolute atomic E-state index is 12.3. The van der Waals surface area contributed by atoms with Crippen molar-refractivity contribution in [2.75, 3.05) is 26.1 Å². The number of carbonyl (C=O) groups excluding carboxylic acids is 1. The molecule has 1 heterocycles. The van der Waals surface area contributed by atoms with E-state index in [-0.39, 0.29) is 12.5 Å². The Bertz CT molecular complexity index is 1040. The summed E-state index contributed by atoms with van der Waals surface area (Å²) in [5.41, 5.74) is 1.22. The lowest BCUT2D eigenvalue weighted by Crippen LogP contribution is -2.22. The number of hydrogen-bond donors (Lipinski definition) is 1. The van der Waals surface area contributed by atoms with E-state index in [0.29, 0.717) is 35.2 Å². The van der Waals surface area contributed by atoms with Gasteiger partial charge in [0.15, 0.2) is 18.1 Å². The van der Waals surface area contributed by atoms with Gasteiger partial charge in [-0.05, 0) is 18.2 Å². The average Bonchev–Trinajstić information content (AvgIpc) is 3.18. The molecule has 2 aromatic carbocycles. The van der Waals surface area contributed by atoms with Gasteiger partial charge in [-0.25, -0.2) is 4.68 Å². The Balaban J connectivity index is 1.68. The Labute approximate surface area is 168 Å². The zero-order chi connectivity index (χ0) is 20.6. The van der Waals surface area contributed by atoms with Crippen LogP contribution in [0.1, 0.15) is 11.1 Å². The average molecular weight is 392 g/mol. The second kappa shape index (κ2) is 9.28. The van der Waals surface area contributed by atoms with Crippen LogP contribution < -0.4 is 19.5 Å². The second-order valence-electron chi connectivity index (χ2n) is 5.97. The first kappa shape index (κ1) is 19.8. The Morgan fingerprint density at radius 3 is 2.66 bits per heavy atom. The molecular weight excluding hydrogens is 372 g/mol. The van der Waals surface area contributed by atoms with E-state index in [1.807, 2.05) is 24.3 Å². The molecule has 0 saturated heterocycles. The summed E-state index contributed by atoms with van der Waals surface area (Å²) in [5, 5.41) is 16.1. The summed E-state index contributed by atoms with van der Waals surface area (Å²) in [5.74, 6) is 1.74. The first-order valence-electron chi connectivity index (χ1n) is 8.79. The van der Waals surface area contributed by atoms with Crippen LogP contribution in [-0.2, 0) is 11.3 Å². The van der Waals surface area contributed by atoms with E-state index in [9.17, 15) is 4.79 Å². The van der Waals surface area contributed by atoms with Gasteiger partial charge in [0.2, 0.25) is 0 Å². The third-order valence-corrected chi connectivity index (χ3v) is 4.15. The van der Waals surface area contributed by atoms with Crippen molar-refractivity contribution >= 4 is 11.7 Å². The molecule has 0 aliphatic rings. The van der Waals surface area contributed by atoms with Crippen LogP contribution in [0, 0.1) is 11.3 Å². The van der Waals surface area contributed by atoms with Gasteiger partial charge in [0.05, 0.1) is 32.5 Å². The highest BCUT2D eigenvalue weighted by Crippen LogP contribution is 2.31. The zero-order valence-corrected chi connectivity index (χ0v) is 16.1. The number of anilines is 1. The van der Waals surface area contributed by atoms with Gasteiger partial charge in [0.1, 0.15) is 17.6 Å². The second-order valence-corrected chi connectivity index (χ2v) is 5.97. The van der Waals surface area contributed by atoms with E-state index in [2.05, 4.69) is 10.4 Å². The molecule has 0 bridgehead atoms. The highest BCUT2D eigenvalue weighted by atomic mass is 16.5. The van der Waals surface area contributed by atoms with Crippen molar-refractivity contribution in [3.05, 3.63) is 65.9 Å². The molecule has 29 heavy (non-hydrogen) atoms. The molecule has 0 fully saturated rings. The van der Waals surface area contributed by atoms with E-state index < -0.39 is 0 Å². The van der Waals surface area contributed by atoms with E-state index in [0.717, 1.165) is 5.56 Å². The van der Waals surface area contributed by atoms with Crippen LogP contribution in [0.25, 0.3) is 0 Å². The van der Waals surface area contributed by atoms with Gasteiger partial charge in [-0.15, -0.1) is 0 Å². The van der Waals surface area contributed by atoms with Crippen LogP contribution in [0.3, 0.4) is 0 Å². The number of nitrogens with one attached hydrogen (secondary N) is 1. The van der Waals surface area contributed by atoms with Gasteiger partial charge in [-0.2, -0.15) is 10.4 Å². The predicted molar refractivity (Wildman–Crippen MR) is 106 cm³/mol. The molecule has 0 unspecified atom stereocenters. The molecule has 0 aliphatic heterocycles. The molecule has 8 nitrogen and oxygen atoms in total. The summed E-state index contributed by atoms with van der Waals surface area (Å²) in [4.78, 5) is 12.3. The maximum Gasteiger partial charge on any atom is 0.263 e. The van der Waals surface area contributed by atoms with Gasteiger partial charge < -0.3 is 19.5 Å². The molecule has 8 heteroatoms. The van der Waals surface area contributed by atoms with Crippen LogP contribution >= 0.6 is 0 Å². The van der Waals surface area contributed by atoms with Crippen molar-refractivity contribution in [2.45, 2.75) is 6.54 Å². The summed E-state index contributed by atoms with van der Waals surface area (Å²) in [6.07, 6.45) is 1.59. The number of aromatic nitrogens is 2. The minimum Gasteiger partial charge on any atom is -0.493 e. The van der Waals surface area contributed by atoms with Gasteiger partial charge in [0, 0.05) is 11.6 Å². The number of nitrogens with zero attached hydrogens (tertiary/aromatic N) is 3. The number of nitriles is 1. The van der Waals surface area contributed by atoms with Crippen molar-refractivity contribution in [3.63, 3.8) is 0 Å². The smallest absolute Gasteiger partial charge is 0.263 e. The molecule has 148 valence electrons. The van der Waals surface area contributed by atoms with Gasteiger partial charge in [0.25, 0.3) is 5.91 Å². The fourth-order valence-corrected chi connectivity index (χ4v) is 2.81. The van der Waals surface area contributed by atoms with Gasteiger partial charge in [-0.3, -0.25) is 4.79 Å². The van der Waals surface area contributed by atoms with E-state index in [1.54, 1.807) is 55.4 Å². The summed E-state index contributed by atoms with van der Waals surface area (Å²) in [6.45, 7) is 0.146. The van der Waals surface area contributed by atoms with Crippen LogP contribution in [0.15, 0.2) is 54.7 Å². The van der Waals surface area contributed by atoms with E-state index >= 15 is 0 Å². The first-order valence-corrected chi connectivity index (χ1v) is 8.79. The third-order valence-electron chi connectivity index (χ3n) is 4.15. The van der Waals surface area contributed by atoms with Crippen molar-refractivity contribution in [3.8, 4) is 23.3 Å². The fraction of sp³-hybridized carbons (Fsp3) is 0.190. The monoisotopic (exact) mass is 392 g/mol. The number of para-hydroxylation sites is 2. The molecule has 1 amide bonds. The Morgan fingerprint density at radius 2 is 1.90 bits per heavy atom. The zero-order valence-electron chi connectivity index (χ0n) is 16.1. The van der Waals surface area contributed by atoms with Crippen LogP contribution in [0.5, 0.6) is 17.2 Å². The minimum atomic E-state index is -0.364. The Morgan fingerprint density at radius 1 is 1.10 bits per heavy atom. The predicted octanol–water partition coefficient (Wildman–Crippen LogP) is 2.84. The van der Waals surface area contributed by atoms with Gasteiger partial charge >= 0.3 is 0 Å². The summed E-state index contributed by atoms with van der Waals surface area (Å²) in [7, 11) is 3.15. The van der Waals surface area contributed by atoms with Crippen molar-refractivity contribution in [1.29, 1.82) is 5.26 Å². The lowest BCUT2D eigenvalue weighted by molar-refractivity contribution is -0.118. The number of hydrogen-bond acceptors (Lipinski definition) is 6. The molecule has 1 N–H and O–H groups in total. The van der Waals surface area contributed by atoms with Crippen molar-refractivity contribution in [2.24, 2.45) is 0 Å². The van der Waals surface area contributed by atoms with E-state index in [1.165, 1.54) is 0 Å². The summed E-state index contributed by atoms with van der Waals surface area (Å²) in [6, 6.07) is 16.0. The normalized spacial score (nSPS) is 10.1. The molecule has 0 atom stereocenters. The fourth-order valence-electron chi connectivity index (χ4n) is 2.81. The quantitative estimate of drug-likeness (QED) is 0.633. The Hall–Kier alpha value is -3.99. The molecule has 3 aromatic rings. The number of carbonyl (C=O) groups is 1. The van der Waals surface area contributed by atoms with E-state index in [4.69, 9.17) is 19.5 Å². The van der Waals surface area contributed by atoms with Crippen LogP contribution in [0.2, 0.25) is 0 Å². The molecule has 0 spiro atoms. The first-order chi connectivity index (χ1) is 14.2. The third kappa shape index (κ3) is 4.65. The lowest BCUT2D eigenvalue weighted by Gasteiger charge is -2.14. The molecule has 0 radical (unpaired) electrons. The molecule has 0 saturated carbocycles. The SMILES string of the molecule is COc1cccc(Cn2nccc2NC(=O)COc2ccccc2C#N)c1OC. The summed E-state index contributed by atoms with van der Waals surface area (Å²) < 4.78 is 17.9. The van der Waals surface area contributed by atoms with Gasteiger partial charge in [-0.1, -0.05) is 24.3 Å². The largest absolute Gasteiger partial charge is 0.493 e. The minimum absolute atomic E-state index is 0.230. The van der Waals surface area contributed by atoms with Crippen molar-refractivity contribution < 1.29 is 19.0 Å². The molecular formula is C21H20N4O4. The highest BCUT2D eigenvalue weighted by Gasteiger charge is 2.14. The number of amides is 1.